The second-order valence-corrected chi connectivity index (χ2v) is 4.82. The maximum absolute atomic E-state index is 3.48. The molecule has 0 spiro atoms. The van der Waals surface area contributed by atoms with Crippen LogP contribution in [0.15, 0.2) is 0 Å². The molecule has 0 aromatic carbocycles. The van der Waals surface area contributed by atoms with E-state index in [9.17, 15) is 0 Å². The molecule has 0 aliphatic carbocycles. The van der Waals surface area contributed by atoms with E-state index in [1.807, 2.05) is 0 Å². The van der Waals surface area contributed by atoms with Crippen molar-refractivity contribution >= 4 is 22.9 Å². The van der Waals surface area contributed by atoms with Crippen LogP contribution in [0.1, 0.15) is 6.42 Å². The minimum absolute atomic E-state index is 0.935. The SMILES string of the molecule is IN1CC2CNCC(C2)C1. The molecule has 2 fully saturated rings. The summed E-state index contributed by atoms with van der Waals surface area (Å²) in [6.45, 7) is 5.08. The average Bonchev–Trinajstić information content (AvgIpc) is 1.85. The second kappa shape index (κ2) is 2.95. The van der Waals surface area contributed by atoms with Crippen molar-refractivity contribution in [3.05, 3.63) is 0 Å². The quantitative estimate of drug-likeness (QED) is 0.508. The molecule has 2 rings (SSSR count). The molecular weight excluding hydrogens is 239 g/mol. The molecule has 10 heavy (non-hydrogen) atoms. The van der Waals surface area contributed by atoms with Crippen molar-refractivity contribution < 1.29 is 0 Å². The number of hydrogen-bond donors (Lipinski definition) is 1. The first kappa shape index (κ1) is 7.31. The van der Waals surface area contributed by atoms with E-state index in [0.29, 0.717) is 0 Å². The molecular formula is C7H13IN2. The highest BCUT2D eigenvalue weighted by atomic mass is 127. The van der Waals surface area contributed by atoms with Gasteiger partial charge in [0.1, 0.15) is 0 Å². The summed E-state index contributed by atoms with van der Waals surface area (Å²) in [6, 6.07) is 0. The van der Waals surface area contributed by atoms with E-state index in [1.54, 1.807) is 0 Å². The van der Waals surface area contributed by atoms with Gasteiger partial charge in [-0.2, -0.15) is 0 Å². The zero-order chi connectivity index (χ0) is 6.97. The van der Waals surface area contributed by atoms with Crippen LogP contribution in [0.4, 0.5) is 0 Å². The smallest absolute Gasteiger partial charge is 0.0201 e. The molecule has 2 atom stereocenters. The third-order valence-corrected chi connectivity index (χ3v) is 3.23. The first-order valence-electron chi connectivity index (χ1n) is 3.96. The molecule has 2 bridgehead atoms. The lowest BCUT2D eigenvalue weighted by Crippen LogP contribution is -2.47. The van der Waals surface area contributed by atoms with Gasteiger partial charge in [-0.15, -0.1) is 0 Å². The lowest BCUT2D eigenvalue weighted by molar-refractivity contribution is 0.179. The summed E-state index contributed by atoms with van der Waals surface area (Å²) in [7, 11) is 0. The van der Waals surface area contributed by atoms with Gasteiger partial charge in [0, 0.05) is 36.0 Å². The molecule has 0 aromatic rings. The Bertz CT molecular complexity index is 113. The van der Waals surface area contributed by atoms with Crippen molar-refractivity contribution in [3.63, 3.8) is 0 Å². The largest absolute Gasteiger partial charge is 0.316 e. The van der Waals surface area contributed by atoms with Crippen LogP contribution in [0.2, 0.25) is 0 Å². The average molecular weight is 252 g/mol. The van der Waals surface area contributed by atoms with Crippen molar-refractivity contribution in [2.45, 2.75) is 6.42 Å². The number of hydrogen-bond acceptors (Lipinski definition) is 2. The van der Waals surface area contributed by atoms with Gasteiger partial charge in [-0.1, -0.05) is 0 Å². The molecule has 0 saturated carbocycles. The monoisotopic (exact) mass is 252 g/mol. The Labute approximate surface area is 75.8 Å². The van der Waals surface area contributed by atoms with E-state index in [0.717, 1.165) is 11.8 Å². The number of nitrogens with zero attached hydrogens (tertiary/aromatic N) is 1. The number of nitrogens with one attached hydrogen (secondary N) is 1. The number of rotatable bonds is 0. The summed E-state index contributed by atoms with van der Waals surface area (Å²) in [5, 5.41) is 3.48. The Morgan fingerprint density at radius 3 is 2.40 bits per heavy atom. The molecule has 2 aliphatic rings. The first-order valence-corrected chi connectivity index (χ1v) is 4.92. The van der Waals surface area contributed by atoms with Crippen LogP contribution < -0.4 is 5.32 Å². The first-order chi connectivity index (χ1) is 4.84. The van der Waals surface area contributed by atoms with E-state index < -0.39 is 0 Å². The third kappa shape index (κ3) is 1.46. The molecule has 0 radical (unpaired) electrons. The van der Waals surface area contributed by atoms with Gasteiger partial charge < -0.3 is 5.32 Å². The van der Waals surface area contributed by atoms with E-state index in [2.05, 4.69) is 31.3 Å². The summed E-state index contributed by atoms with van der Waals surface area (Å²) in [4.78, 5) is 0. The molecule has 58 valence electrons. The summed E-state index contributed by atoms with van der Waals surface area (Å²) in [5.74, 6) is 1.87. The normalized spacial score (nSPS) is 41.7. The van der Waals surface area contributed by atoms with Gasteiger partial charge in [-0.05, 0) is 31.3 Å². The van der Waals surface area contributed by atoms with Crippen LogP contribution in [0, 0.1) is 11.8 Å². The van der Waals surface area contributed by atoms with Gasteiger partial charge in [0.25, 0.3) is 0 Å². The van der Waals surface area contributed by atoms with Gasteiger partial charge >= 0.3 is 0 Å². The predicted molar refractivity (Wildman–Crippen MR) is 50.1 cm³/mol. The number of piperidine rings is 2. The third-order valence-electron chi connectivity index (χ3n) is 2.45. The van der Waals surface area contributed by atoms with Gasteiger partial charge in [-0.25, -0.2) is 3.11 Å². The van der Waals surface area contributed by atoms with Gasteiger partial charge in [0.15, 0.2) is 0 Å². The Morgan fingerprint density at radius 1 is 1.20 bits per heavy atom. The zero-order valence-electron chi connectivity index (χ0n) is 6.02. The van der Waals surface area contributed by atoms with Crippen LogP contribution in [0.25, 0.3) is 0 Å². The van der Waals surface area contributed by atoms with E-state index in [-0.39, 0.29) is 0 Å². The van der Waals surface area contributed by atoms with Crippen molar-refractivity contribution in [3.8, 4) is 0 Å². The molecule has 2 saturated heterocycles. The summed E-state index contributed by atoms with van der Waals surface area (Å²) in [6.07, 6.45) is 1.46. The predicted octanol–water partition coefficient (Wildman–Crippen LogP) is 0.878. The second-order valence-electron chi connectivity index (χ2n) is 3.45. The minimum Gasteiger partial charge on any atom is -0.316 e. The summed E-state index contributed by atoms with van der Waals surface area (Å²) in [5.41, 5.74) is 0. The van der Waals surface area contributed by atoms with Crippen molar-refractivity contribution in [2.24, 2.45) is 11.8 Å². The number of fused-ring (bicyclic) bond motifs is 2. The summed E-state index contributed by atoms with van der Waals surface area (Å²) < 4.78 is 2.44. The van der Waals surface area contributed by atoms with Gasteiger partial charge in [0.05, 0.1) is 0 Å². The van der Waals surface area contributed by atoms with E-state index in [4.69, 9.17) is 0 Å². The Kier molecular flexibility index (Phi) is 2.15. The van der Waals surface area contributed by atoms with Crippen molar-refractivity contribution in [1.82, 2.24) is 8.43 Å². The van der Waals surface area contributed by atoms with Crippen LogP contribution in [0.3, 0.4) is 0 Å². The fraction of sp³-hybridized carbons (Fsp3) is 1.00. The maximum atomic E-state index is 3.48. The molecule has 2 nitrogen and oxygen atoms in total. The highest BCUT2D eigenvalue weighted by Crippen LogP contribution is 2.25. The molecule has 1 N–H and O–H groups in total. The van der Waals surface area contributed by atoms with E-state index in [1.165, 1.54) is 32.6 Å². The maximum Gasteiger partial charge on any atom is 0.0201 e. The molecule has 2 heterocycles. The minimum atomic E-state index is 0.935. The van der Waals surface area contributed by atoms with Gasteiger partial charge in [0.2, 0.25) is 0 Å². The Balaban J connectivity index is 1.98. The molecule has 0 aromatic heterocycles. The molecule has 2 unspecified atom stereocenters. The fourth-order valence-electron chi connectivity index (χ4n) is 2.04. The lowest BCUT2D eigenvalue weighted by atomic mass is 9.87. The standard InChI is InChI=1S/C7H13IN2/c8-10-4-6-1-7(5-10)3-9-2-6/h6-7,9H,1-5H2. The topological polar surface area (TPSA) is 15.3 Å². The molecule has 0 amide bonds. The highest BCUT2D eigenvalue weighted by Gasteiger charge is 2.28. The van der Waals surface area contributed by atoms with Crippen molar-refractivity contribution in [1.29, 1.82) is 0 Å². The fourth-order valence-corrected chi connectivity index (χ4v) is 3.16. The highest BCUT2D eigenvalue weighted by molar-refractivity contribution is 14.1. The zero-order valence-corrected chi connectivity index (χ0v) is 8.17. The molecule has 3 heteroatoms. The van der Waals surface area contributed by atoms with Crippen LogP contribution >= 0.6 is 22.9 Å². The van der Waals surface area contributed by atoms with Crippen LogP contribution in [-0.2, 0) is 0 Å². The summed E-state index contributed by atoms with van der Waals surface area (Å²) >= 11 is 2.45. The van der Waals surface area contributed by atoms with Crippen LogP contribution in [-0.4, -0.2) is 29.3 Å². The van der Waals surface area contributed by atoms with E-state index >= 15 is 0 Å². The number of halogens is 1. The van der Waals surface area contributed by atoms with Gasteiger partial charge in [-0.3, -0.25) is 0 Å². The Hall–Kier alpha value is 0.650. The van der Waals surface area contributed by atoms with Crippen molar-refractivity contribution in [2.75, 3.05) is 26.2 Å². The Morgan fingerprint density at radius 2 is 1.80 bits per heavy atom. The molecule has 2 aliphatic heterocycles. The van der Waals surface area contributed by atoms with Crippen LogP contribution in [0.5, 0.6) is 0 Å². The lowest BCUT2D eigenvalue weighted by Gasteiger charge is -2.38.